The summed E-state index contributed by atoms with van der Waals surface area (Å²) in [7, 11) is 0. The maximum Gasteiger partial charge on any atom is 0.129 e. The summed E-state index contributed by atoms with van der Waals surface area (Å²) in [5.74, 6) is 0.0450. The van der Waals surface area contributed by atoms with E-state index in [-0.39, 0.29) is 5.92 Å². The van der Waals surface area contributed by atoms with Crippen molar-refractivity contribution in [3.8, 4) is 0 Å². The van der Waals surface area contributed by atoms with Crippen molar-refractivity contribution in [2.24, 2.45) is 0 Å². The number of hydrogen-bond acceptors (Lipinski definition) is 2. The van der Waals surface area contributed by atoms with E-state index in [2.05, 4.69) is 11.1 Å². The van der Waals surface area contributed by atoms with Gasteiger partial charge in [-0.15, -0.1) is 0 Å². The van der Waals surface area contributed by atoms with Gasteiger partial charge in [0.25, 0.3) is 0 Å². The Hall–Kier alpha value is -1.18. The van der Waals surface area contributed by atoms with Crippen LogP contribution in [0.2, 0.25) is 0 Å². The zero-order chi connectivity index (χ0) is 9.26. The standard InChI is InChI=1S/C11H13NO/c1-8-5-6-9-3-2-4-10(7-13)11(9)12-8/h5-7,10H,2-4H2,1H3. The highest BCUT2D eigenvalue weighted by Gasteiger charge is 2.20. The summed E-state index contributed by atoms with van der Waals surface area (Å²) in [5.41, 5.74) is 3.28. The molecular formula is C11H13NO. The van der Waals surface area contributed by atoms with Crippen LogP contribution >= 0.6 is 0 Å². The van der Waals surface area contributed by atoms with Gasteiger partial charge in [0.15, 0.2) is 0 Å². The van der Waals surface area contributed by atoms with E-state index in [1.54, 1.807) is 0 Å². The van der Waals surface area contributed by atoms with Gasteiger partial charge >= 0.3 is 0 Å². The number of carbonyl (C=O) groups excluding carboxylic acids is 1. The van der Waals surface area contributed by atoms with Gasteiger partial charge in [-0.25, -0.2) is 0 Å². The molecule has 0 radical (unpaired) electrons. The molecule has 0 spiro atoms. The van der Waals surface area contributed by atoms with Gasteiger partial charge in [0, 0.05) is 5.69 Å². The minimum absolute atomic E-state index is 0.0450. The topological polar surface area (TPSA) is 30.0 Å². The summed E-state index contributed by atoms with van der Waals surface area (Å²) in [6.45, 7) is 1.97. The Labute approximate surface area is 78.0 Å². The first-order valence-corrected chi connectivity index (χ1v) is 4.73. The van der Waals surface area contributed by atoms with Crippen molar-refractivity contribution < 1.29 is 4.79 Å². The van der Waals surface area contributed by atoms with Crippen LogP contribution in [0.1, 0.15) is 35.7 Å². The molecule has 0 saturated heterocycles. The van der Waals surface area contributed by atoms with E-state index in [0.29, 0.717) is 0 Å². The highest BCUT2D eigenvalue weighted by molar-refractivity contribution is 5.62. The van der Waals surface area contributed by atoms with Crippen molar-refractivity contribution in [2.75, 3.05) is 0 Å². The summed E-state index contributed by atoms with van der Waals surface area (Å²) in [5, 5.41) is 0. The molecule has 1 aliphatic rings. The number of hydrogen-bond donors (Lipinski definition) is 0. The number of aryl methyl sites for hydroxylation is 2. The monoisotopic (exact) mass is 175 g/mol. The first-order chi connectivity index (χ1) is 6.31. The number of fused-ring (bicyclic) bond motifs is 1. The highest BCUT2D eigenvalue weighted by Crippen LogP contribution is 2.28. The van der Waals surface area contributed by atoms with Gasteiger partial charge < -0.3 is 4.79 Å². The molecule has 1 aromatic rings. The molecule has 68 valence electrons. The fraction of sp³-hybridized carbons (Fsp3) is 0.455. The molecule has 2 nitrogen and oxygen atoms in total. The van der Waals surface area contributed by atoms with Gasteiger partial charge in [-0.3, -0.25) is 4.98 Å². The average molecular weight is 175 g/mol. The number of rotatable bonds is 1. The number of carbonyl (C=O) groups is 1. The van der Waals surface area contributed by atoms with Crippen LogP contribution < -0.4 is 0 Å². The number of aldehydes is 1. The van der Waals surface area contributed by atoms with Crippen LogP contribution in [0, 0.1) is 6.92 Å². The second kappa shape index (κ2) is 3.29. The number of nitrogens with zero attached hydrogens (tertiary/aromatic N) is 1. The van der Waals surface area contributed by atoms with Crippen LogP contribution in [0.3, 0.4) is 0 Å². The van der Waals surface area contributed by atoms with E-state index in [9.17, 15) is 4.79 Å². The predicted molar refractivity (Wildman–Crippen MR) is 50.7 cm³/mol. The molecule has 2 heteroatoms. The summed E-state index contributed by atoms with van der Waals surface area (Å²) < 4.78 is 0. The molecule has 1 atom stereocenters. The zero-order valence-corrected chi connectivity index (χ0v) is 7.79. The molecule has 2 rings (SSSR count). The zero-order valence-electron chi connectivity index (χ0n) is 7.79. The normalized spacial score (nSPS) is 20.8. The molecule has 0 aliphatic heterocycles. The van der Waals surface area contributed by atoms with Crippen molar-refractivity contribution in [3.05, 3.63) is 29.1 Å². The smallest absolute Gasteiger partial charge is 0.129 e. The van der Waals surface area contributed by atoms with E-state index in [1.165, 1.54) is 5.56 Å². The Morgan fingerprint density at radius 2 is 2.38 bits per heavy atom. The lowest BCUT2D eigenvalue weighted by Gasteiger charge is -2.20. The van der Waals surface area contributed by atoms with Gasteiger partial charge in [0.2, 0.25) is 0 Å². The summed E-state index contributed by atoms with van der Waals surface area (Å²) in [6.07, 6.45) is 4.19. The van der Waals surface area contributed by atoms with Crippen LogP contribution in [0.25, 0.3) is 0 Å². The summed E-state index contributed by atoms with van der Waals surface area (Å²) in [6, 6.07) is 4.12. The third-order valence-corrected chi connectivity index (χ3v) is 2.63. The molecule has 1 heterocycles. The van der Waals surface area contributed by atoms with E-state index in [4.69, 9.17) is 0 Å². The summed E-state index contributed by atoms with van der Waals surface area (Å²) in [4.78, 5) is 15.2. The maximum absolute atomic E-state index is 10.8. The molecule has 0 bridgehead atoms. The minimum atomic E-state index is 0.0450. The van der Waals surface area contributed by atoms with Crippen LogP contribution in [-0.4, -0.2) is 11.3 Å². The van der Waals surface area contributed by atoms with Crippen molar-refractivity contribution in [1.29, 1.82) is 0 Å². The lowest BCUT2D eigenvalue weighted by atomic mass is 9.87. The first-order valence-electron chi connectivity index (χ1n) is 4.73. The van der Waals surface area contributed by atoms with Crippen LogP contribution in [0.15, 0.2) is 12.1 Å². The van der Waals surface area contributed by atoms with E-state index in [1.807, 2.05) is 13.0 Å². The Morgan fingerprint density at radius 3 is 3.15 bits per heavy atom. The number of aromatic nitrogens is 1. The quantitative estimate of drug-likeness (QED) is 0.611. The lowest BCUT2D eigenvalue weighted by molar-refractivity contribution is -0.109. The Kier molecular flexibility index (Phi) is 2.13. The van der Waals surface area contributed by atoms with Gasteiger partial charge in [0.1, 0.15) is 6.29 Å². The van der Waals surface area contributed by atoms with Gasteiger partial charge in [0.05, 0.1) is 11.6 Å². The average Bonchev–Trinajstić information content (AvgIpc) is 2.17. The second-order valence-corrected chi connectivity index (χ2v) is 3.63. The minimum Gasteiger partial charge on any atom is -0.303 e. The van der Waals surface area contributed by atoms with Gasteiger partial charge in [-0.2, -0.15) is 0 Å². The van der Waals surface area contributed by atoms with Crippen molar-refractivity contribution in [3.63, 3.8) is 0 Å². The number of pyridine rings is 1. The molecule has 1 aliphatic carbocycles. The molecule has 0 fully saturated rings. The molecule has 13 heavy (non-hydrogen) atoms. The molecule has 0 N–H and O–H groups in total. The molecule has 1 unspecified atom stereocenters. The third-order valence-electron chi connectivity index (χ3n) is 2.63. The highest BCUT2D eigenvalue weighted by atomic mass is 16.1. The SMILES string of the molecule is Cc1ccc2c(n1)C(C=O)CCC2. The van der Waals surface area contributed by atoms with Crippen LogP contribution in [-0.2, 0) is 11.2 Å². The third kappa shape index (κ3) is 1.48. The summed E-state index contributed by atoms with van der Waals surface area (Å²) >= 11 is 0. The molecular weight excluding hydrogens is 162 g/mol. The maximum atomic E-state index is 10.8. The Bertz CT molecular complexity index is 333. The fourth-order valence-electron chi connectivity index (χ4n) is 1.92. The second-order valence-electron chi connectivity index (χ2n) is 3.63. The van der Waals surface area contributed by atoms with Gasteiger partial charge in [-0.1, -0.05) is 6.07 Å². The van der Waals surface area contributed by atoms with Crippen molar-refractivity contribution >= 4 is 6.29 Å². The molecule has 0 aromatic carbocycles. The van der Waals surface area contributed by atoms with E-state index >= 15 is 0 Å². The van der Waals surface area contributed by atoms with Crippen LogP contribution in [0.5, 0.6) is 0 Å². The molecule has 0 saturated carbocycles. The van der Waals surface area contributed by atoms with Gasteiger partial charge in [-0.05, 0) is 37.8 Å². The predicted octanol–water partition coefficient (Wildman–Crippen LogP) is 2.01. The van der Waals surface area contributed by atoms with Crippen LogP contribution in [0.4, 0.5) is 0 Å². The molecule has 1 aromatic heterocycles. The first kappa shape index (κ1) is 8.42. The van der Waals surface area contributed by atoms with E-state index < -0.39 is 0 Å². The fourth-order valence-corrected chi connectivity index (χ4v) is 1.92. The molecule has 0 amide bonds. The largest absolute Gasteiger partial charge is 0.303 e. The Balaban J connectivity index is 2.47. The van der Waals surface area contributed by atoms with Crippen molar-refractivity contribution in [2.45, 2.75) is 32.1 Å². The van der Waals surface area contributed by atoms with Crippen molar-refractivity contribution in [1.82, 2.24) is 4.98 Å². The Morgan fingerprint density at radius 1 is 1.54 bits per heavy atom. The van der Waals surface area contributed by atoms with E-state index in [0.717, 1.165) is 36.9 Å². The lowest BCUT2D eigenvalue weighted by Crippen LogP contribution is -2.13.